The van der Waals surface area contributed by atoms with E-state index in [1.165, 1.54) is 24.4 Å². The van der Waals surface area contributed by atoms with Gasteiger partial charge in [-0.05, 0) is 50.5 Å². The molecular weight excluding hydrogens is 362 g/mol. The fourth-order valence-corrected chi connectivity index (χ4v) is 4.60. The number of aromatic nitrogens is 4. The van der Waals surface area contributed by atoms with Crippen molar-refractivity contribution in [2.24, 2.45) is 18.9 Å². The molecule has 1 saturated carbocycles. The molecule has 3 aromatic rings. The third-order valence-corrected chi connectivity index (χ3v) is 6.61. The first kappa shape index (κ1) is 18.4. The number of rotatable bonds is 5. The number of imidazole rings is 1. The van der Waals surface area contributed by atoms with Crippen LogP contribution in [-0.4, -0.2) is 43.2 Å². The highest BCUT2D eigenvalue weighted by Gasteiger charge is 2.28. The van der Waals surface area contributed by atoms with Crippen molar-refractivity contribution in [2.75, 3.05) is 13.1 Å². The second-order valence-corrected chi connectivity index (χ2v) is 8.80. The van der Waals surface area contributed by atoms with E-state index >= 15 is 0 Å². The van der Waals surface area contributed by atoms with E-state index in [9.17, 15) is 4.79 Å². The van der Waals surface area contributed by atoms with Crippen LogP contribution in [-0.2, 0) is 20.0 Å². The number of nitrogens with zero attached hydrogens (tertiary/aromatic N) is 5. The van der Waals surface area contributed by atoms with Gasteiger partial charge in [-0.25, -0.2) is 4.98 Å². The highest BCUT2D eigenvalue weighted by molar-refractivity contribution is 6.04. The standard InChI is InChI=1S/C23H29N5O/c1-16-14-24-21(28(16)15-18-7-8-18)13-17-9-11-27(12-10-17)23(29)22-19-5-3-4-6-20(19)26(2)25-22/h3-6,14,17-18H,7-13,15H2,1-2H3. The summed E-state index contributed by atoms with van der Waals surface area (Å²) in [6.45, 7) is 4.90. The minimum absolute atomic E-state index is 0.0614. The van der Waals surface area contributed by atoms with Crippen LogP contribution in [0, 0.1) is 18.8 Å². The maximum atomic E-state index is 13.1. The number of carbonyl (C=O) groups excluding carboxylic acids is 1. The third-order valence-electron chi connectivity index (χ3n) is 6.61. The summed E-state index contributed by atoms with van der Waals surface area (Å²) in [4.78, 5) is 19.8. The van der Waals surface area contributed by atoms with Crippen LogP contribution in [0.4, 0.5) is 0 Å². The summed E-state index contributed by atoms with van der Waals surface area (Å²) in [5.74, 6) is 2.75. The normalized spacial score (nSPS) is 17.9. The Morgan fingerprint density at radius 1 is 1.10 bits per heavy atom. The lowest BCUT2D eigenvalue weighted by molar-refractivity contribution is 0.0684. The van der Waals surface area contributed by atoms with Crippen LogP contribution in [0.5, 0.6) is 0 Å². The molecule has 1 aliphatic carbocycles. The van der Waals surface area contributed by atoms with E-state index < -0.39 is 0 Å². The second-order valence-electron chi connectivity index (χ2n) is 8.80. The summed E-state index contributed by atoms with van der Waals surface area (Å²) in [6, 6.07) is 7.96. The van der Waals surface area contributed by atoms with Gasteiger partial charge < -0.3 is 9.47 Å². The smallest absolute Gasteiger partial charge is 0.275 e. The zero-order valence-electron chi connectivity index (χ0n) is 17.3. The number of piperidine rings is 1. The third kappa shape index (κ3) is 3.56. The second kappa shape index (κ2) is 7.32. The van der Waals surface area contributed by atoms with Crippen molar-refractivity contribution < 1.29 is 4.79 Å². The lowest BCUT2D eigenvalue weighted by Crippen LogP contribution is -2.39. The van der Waals surface area contributed by atoms with E-state index in [0.717, 1.165) is 55.7 Å². The average molecular weight is 392 g/mol. The number of amides is 1. The largest absolute Gasteiger partial charge is 0.337 e. The molecular formula is C23H29N5O. The molecule has 0 N–H and O–H groups in total. The van der Waals surface area contributed by atoms with Gasteiger partial charge in [-0.1, -0.05) is 18.2 Å². The van der Waals surface area contributed by atoms with E-state index in [4.69, 9.17) is 4.98 Å². The van der Waals surface area contributed by atoms with Gasteiger partial charge in [0.2, 0.25) is 0 Å². The summed E-state index contributed by atoms with van der Waals surface area (Å²) in [5, 5.41) is 5.46. The molecule has 6 nitrogen and oxygen atoms in total. The number of hydrogen-bond acceptors (Lipinski definition) is 3. The highest BCUT2D eigenvalue weighted by atomic mass is 16.2. The molecule has 5 rings (SSSR count). The zero-order valence-corrected chi connectivity index (χ0v) is 17.3. The van der Waals surface area contributed by atoms with Crippen molar-refractivity contribution in [3.05, 3.63) is 47.7 Å². The predicted octanol–water partition coefficient (Wildman–Crippen LogP) is 3.58. The maximum Gasteiger partial charge on any atom is 0.275 e. The topological polar surface area (TPSA) is 56.0 Å². The quantitative estimate of drug-likeness (QED) is 0.668. The summed E-state index contributed by atoms with van der Waals surface area (Å²) in [7, 11) is 1.90. The number of benzene rings is 1. The molecule has 2 aliphatic rings. The molecule has 0 bridgehead atoms. The van der Waals surface area contributed by atoms with Gasteiger partial charge in [-0.2, -0.15) is 5.10 Å². The molecule has 1 saturated heterocycles. The van der Waals surface area contributed by atoms with E-state index in [0.29, 0.717) is 11.6 Å². The van der Waals surface area contributed by atoms with Gasteiger partial charge in [0.05, 0.1) is 5.52 Å². The number of hydrogen-bond donors (Lipinski definition) is 0. The molecule has 2 aromatic heterocycles. The molecule has 0 unspecified atom stereocenters. The zero-order chi connectivity index (χ0) is 20.0. The van der Waals surface area contributed by atoms with Crippen molar-refractivity contribution in [2.45, 2.75) is 45.6 Å². The van der Waals surface area contributed by atoms with Crippen molar-refractivity contribution >= 4 is 16.8 Å². The number of fused-ring (bicyclic) bond motifs is 1. The number of aryl methyl sites for hydroxylation is 2. The number of likely N-dealkylation sites (tertiary alicyclic amines) is 1. The molecule has 0 spiro atoms. The molecule has 1 amide bonds. The summed E-state index contributed by atoms with van der Waals surface area (Å²) in [6.07, 6.45) is 7.83. The molecule has 1 aromatic carbocycles. The van der Waals surface area contributed by atoms with Gasteiger partial charge >= 0.3 is 0 Å². The first-order valence-electron chi connectivity index (χ1n) is 10.8. The fraction of sp³-hybridized carbons (Fsp3) is 0.522. The van der Waals surface area contributed by atoms with E-state index in [1.807, 2.05) is 42.4 Å². The van der Waals surface area contributed by atoms with E-state index in [-0.39, 0.29) is 5.91 Å². The Kier molecular flexibility index (Phi) is 4.64. The van der Waals surface area contributed by atoms with Gasteiger partial charge in [0.15, 0.2) is 5.69 Å². The van der Waals surface area contributed by atoms with Gasteiger partial charge in [-0.15, -0.1) is 0 Å². The molecule has 2 fully saturated rings. The van der Waals surface area contributed by atoms with Crippen LogP contribution < -0.4 is 0 Å². The van der Waals surface area contributed by atoms with Crippen LogP contribution in [0.1, 0.15) is 47.7 Å². The van der Waals surface area contributed by atoms with Gasteiger partial charge in [0, 0.05) is 50.4 Å². The summed E-state index contributed by atoms with van der Waals surface area (Å²) < 4.78 is 4.23. The Morgan fingerprint density at radius 3 is 2.62 bits per heavy atom. The maximum absolute atomic E-state index is 13.1. The van der Waals surface area contributed by atoms with Gasteiger partial charge in [0.1, 0.15) is 5.82 Å². The van der Waals surface area contributed by atoms with Crippen LogP contribution >= 0.6 is 0 Å². The molecule has 0 radical (unpaired) electrons. The minimum atomic E-state index is 0.0614. The molecule has 3 heterocycles. The van der Waals surface area contributed by atoms with Crippen molar-refractivity contribution in [3.8, 4) is 0 Å². The summed E-state index contributed by atoms with van der Waals surface area (Å²) in [5.41, 5.74) is 2.86. The Labute approximate surface area is 171 Å². The molecule has 152 valence electrons. The van der Waals surface area contributed by atoms with Crippen LogP contribution in [0.25, 0.3) is 10.9 Å². The van der Waals surface area contributed by atoms with Crippen molar-refractivity contribution in [3.63, 3.8) is 0 Å². The van der Waals surface area contributed by atoms with Crippen LogP contribution in [0.15, 0.2) is 30.5 Å². The first-order chi connectivity index (χ1) is 14.1. The fourth-order valence-electron chi connectivity index (χ4n) is 4.60. The monoisotopic (exact) mass is 391 g/mol. The SMILES string of the molecule is Cc1cnc(CC2CCN(C(=O)c3nn(C)c4ccccc34)CC2)n1CC1CC1. The minimum Gasteiger partial charge on any atom is -0.337 e. The van der Waals surface area contributed by atoms with Gasteiger partial charge in [0.25, 0.3) is 5.91 Å². The molecule has 29 heavy (non-hydrogen) atoms. The lowest BCUT2D eigenvalue weighted by Gasteiger charge is -2.31. The first-order valence-corrected chi connectivity index (χ1v) is 10.8. The van der Waals surface area contributed by atoms with Gasteiger partial charge in [-0.3, -0.25) is 9.48 Å². The molecule has 0 atom stereocenters. The van der Waals surface area contributed by atoms with E-state index in [2.05, 4.69) is 16.6 Å². The van der Waals surface area contributed by atoms with Crippen molar-refractivity contribution in [1.82, 2.24) is 24.2 Å². The Morgan fingerprint density at radius 2 is 1.86 bits per heavy atom. The Hall–Kier alpha value is -2.63. The molecule has 6 heteroatoms. The van der Waals surface area contributed by atoms with Crippen LogP contribution in [0.3, 0.4) is 0 Å². The molecule has 1 aliphatic heterocycles. The van der Waals surface area contributed by atoms with Crippen LogP contribution in [0.2, 0.25) is 0 Å². The van der Waals surface area contributed by atoms with Crippen molar-refractivity contribution in [1.29, 1.82) is 0 Å². The highest BCUT2D eigenvalue weighted by Crippen LogP contribution is 2.32. The van der Waals surface area contributed by atoms with E-state index in [1.54, 1.807) is 4.68 Å². The average Bonchev–Trinajstić information content (AvgIpc) is 3.42. The Balaban J connectivity index is 1.24. The summed E-state index contributed by atoms with van der Waals surface area (Å²) >= 11 is 0. The predicted molar refractivity (Wildman–Crippen MR) is 113 cm³/mol. The lowest BCUT2D eigenvalue weighted by atomic mass is 9.93. The number of carbonyl (C=O) groups is 1. The number of para-hydroxylation sites is 1. The Bertz CT molecular complexity index is 1040.